The van der Waals surface area contributed by atoms with E-state index in [2.05, 4.69) is 19.2 Å². The quantitative estimate of drug-likeness (QED) is 0.551. The number of amides is 1. The van der Waals surface area contributed by atoms with Crippen LogP contribution >= 0.6 is 23.4 Å². The van der Waals surface area contributed by atoms with E-state index in [1.54, 1.807) is 18.2 Å². The third-order valence-electron chi connectivity index (χ3n) is 2.82. The Labute approximate surface area is 130 Å². The van der Waals surface area contributed by atoms with E-state index in [1.807, 2.05) is 11.8 Å². The molecule has 20 heavy (non-hydrogen) atoms. The zero-order valence-corrected chi connectivity index (χ0v) is 13.7. The molecule has 0 fully saturated rings. The maximum atomic E-state index is 11.8. The molecular weight excluding hydrogens is 292 g/mol. The lowest BCUT2D eigenvalue weighted by Gasteiger charge is -2.08. The number of hydrogen-bond donors (Lipinski definition) is 2. The Morgan fingerprint density at radius 3 is 2.85 bits per heavy atom. The van der Waals surface area contributed by atoms with Crippen LogP contribution in [0.25, 0.3) is 0 Å². The van der Waals surface area contributed by atoms with Crippen LogP contribution in [0.5, 0.6) is 0 Å². The summed E-state index contributed by atoms with van der Waals surface area (Å²) in [7, 11) is 0. The lowest BCUT2D eigenvalue weighted by atomic mass is 10.2. The van der Waals surface area contributed by atoms with Crippen molar-refractivity contribution in [3.05, 3.63) is 23.2 Å². The van der Waals surface area contributed by atoms with E-state index in [0.717, 1.165) is 18.1 Å². The average molecular weight is 315 g/mol. The van der Waals surface area contributed by atoms with Gasteiger partial charge in [-0.2, -0.15) is 11.8 Å². The summed E-state index contributed by atoms with van der Waals surface area (Å²) < 4.78 is 0. The molecule has 3 nitrogen and oxygen atoms in total. The van der Waals surface area contributed by atoms with E-state index in [-0.39, 0.29) is 5.91 Å². The Bertz CT molecular complexity index is 438. The van der Waals surface area contributed by atoms with Crippen molar-refractivity contribution < 1.29 is 4.79 Å². The van der Waals surface area contributed by atoms with E-state index in [4.69, 9.17) is 17.3 Å². The molecule has 0 radical (unpaired) electrons. The molecule has 0 unspecified atom stereocenters. The standard InChI is InChI=1S/C15H23ClN2OS/c1-11(2)7-9-20-8-3-4-15(19)18-14-10-12(16)5-6-13(14)17/h5-6,10-11H,3-4,7-9,17H2,1-2H3,(H,18,19). The van der Waals surface area contributed by atoms with Crippen LogP contribution in [-0.4, -0.2) is 17.4 Å². The molecule has 0 aromatic heterocycles. The first kappa shape index (κ1) is 17.2. The van der Waals surface area contributed by atoms with Gasteiger partial charge in [-0.1, -0.05) is 25.4 Å². The molecule has 0 aliphatic rings. The van der Waals surface area contributed by atoms with E-state index >= 15 is 0 Å². The molecule has 3 N–H and O–H groups in total. The smallest absolute Gasteiger partial charge is 0.224 e. The van der Waals surface area contributed by atoms with Crippen LogP contribution in [0.15, 0.2) is 18.2 Å². The van der Waals surface area contributed by atoms with Crippen LogP contribution in [0.3, 0.4) is 0 Å². The predicted octanol–water partition coefficient (Wildman–Crippen LogP) is 4.42. The van der Waals surface area contributed by atoms with E-state index in [9.17, 15) is 4.79 Å². The minimum Gasteiger partial charge on any atom is -0.397 e. The molecule has 0 saturated carbocycles. The van der Waals surface area contributed by atoms with Crippen molar-refractivity contribution in [2.75, 3.05) is 22.6 Å². The van der Waals surface area contributed by atoms with Gasteiger partial charge in [-0.05, 0) is 48.5 Å². The van der Waals surface area contributed by atoms with Crippen molar-refractivity contribution in [3.63, 3.8) is 0 Å². The van der Waals surface area contributed by atoms with Crippen molar-refractivity contribution in [3.8, 4) is 0 Å². The van der Waals surface area contributed by atoms with Gasteiger partial charge in [-0.15, -0.1) is 0 Å². The fraction of sp³-hybridized carbons (Fsp3) is 0.533. The maximum absolute atomic E-state index is 11.8. The summed E-state index contributed by atoms with van der Waals surface area (Å²) >= 11 is 7.79. The Kier molecular flexibility index (Phi) is 7.85. The first-order chi connectivity index (χ1) is 9.49. The highest BCUT2D eigenvalue weighted by Crippen LogP contribution is 2.23. The van der Waals surface area contributed by atoms with Crippen molar-refractivity contribution in [2.45, 2.75) is 33.1 Å². The lowest BCUT2D eigenvalue weighted by molar-refractivity contribution is -0.116. The van der Waals surface area contributed by atoms with Crippen LogP contribution in [0.2, 0.25) is 5.02 Å². The molecule has 0 heterocycles. The first-order valence-corrected chi connectivity index (χ1v) is 8.45. The van der Waals surface area contributed by atoms with E-state index in [1.165, 1.54) is 12.2 Å². The Morgan fingerprint density at radius 1 is 1.40 bits per heavy atom. The molecule has 1 amide bonds. The van der Waals surface area contributed by atoms with Crippen molar-refractivity contribution in [1.29, 1.82) is 0 Å². The summed E-state index contributed by atoms with van der Waals surface area (Å²) in [4.78, 5) is 11.8. The minimum atomic E-state index is -0.0107. The maximum Gasteiger partial charge on any atom is 0.224 e. The topological polar surface area (TPSA) is 55.1 Å². The zero-order chi connectivity index (χ0) is 15.0. The van der Waals surface area contributed by atoms with Crippen LogP contribution in [-0.2, 0) is 4.79 Å². The van der Waals surface area contributed by atoms with Crippen LogP contribution in [0.1, 0.15) is 33.1 Å². The van der Waals surface area contributed by atoms with Crippen molar-refractivity contribution >= 4 is 40.6 Å². The summed E-state index contributed by atoms with van der Waals surface area (Å²) in [6.45, 7) is 4.45. The number of rotatable bonds is 8. The second-order valence-electron chi connectivity index (χ2n) is 5.18. The van der Waals surface area contributed by atoms with Crippen molar-refractivity contribution in [1.82, 2.24) is 0 Å². The van der Waals surface area contributed by atoms with Gasteiger partial charge >= 0.3 is 0 Å². The third kappa shape index (κ3) is 7.06. The summed E-state index contributed by atoms with van der Waals surface area (Å²) in [5, 5.41) is 3.37. The molecule has 0 spiro atoms. The van der Waals surface area contributed by atoms with E-state index < -0.39 is 0 Å². The molecule has 1 aromatic rings. The van der Waals surface area contributed by atoms with Gasteiger partial charge < -0.3 is 11.1 Å². The Morgan fingerprint density at radius 2 is 2.15 bits per heavy atom. The number of benzene rings is 1. The second kappa shape index (κ2) is 9.14. The van der Waals surface area contributed by atoms with Gasteiger partial charge in [0.1, 0.15) is 0 Å². The Balaban J connectivity index is 2.22. The zero-order valence-electron chi connectivity index (χ0n) is 12.1. The monoisotopic (exact) mass is 314 g/mol. The predicted molar refractivity (Wildman–Crippen MR) is 90.5 cm³/mol. The average Bonchev–Trinajstić information content (AvgIpc) is 2.37. The molecule has 5 heteroatoms. The number of hydrogen-bond acceptors (Lipinski definition) is 3. The fourth-order valence-corrected chi connectivity index (χ4v) is 2.97. The SMILES string of the molecule is CC(C)CCSCCCC(=O)Nc1cc(Cl)ccc1N. The normalized spacial score (nSPS) is 10.8. The number of nitrogens with two attached hydrogens (primary N) is 1. The molecule has 1 aromatic carbocycles. The highest BCUT2D eigenvalue weighted by Gasteiger charge is 2.06. The largest absolute Gasteiger partial charge is 0.397 e. The number of nitrogen functional groups attached to an aromatic ring is 1. The highest BCUT2D eigenvalue weighted by atomic mass is 35.5. The molecular formula is C15H23ClN2OS. The molecule has 0 bridgehead atoms. The Hall–Kier alpha value is -0.870. The van der Waals surface area contributed by atoms with Gasteiger partial charge in [0.2, 0.25) is 5.91 Å². The van der Waals surface area contributed by atoms with Crippen LogP contribution in [0.4, 0.5) is 11.4 Å². The molecule has 1 rings (SSSR count). The summed E-state index contributed by atoms with van der Waals surface area (Å²) in [6.07, 6.45) is 2.63. The minimum absolute atomic E-state index is 0.0107. The number of nitrogens with one attached hydrogen (secondary N) is 1. The van der Waals surface area contributed by atoms with Gasteiger partial charge in [0.25, 0.3) is 0 Å². The van der Waals surface area contributed by atoms with Crippen molar-refractivity contribution in [2.24, 2.45) is 5.92 Å². The fourth-order valence-electron chi connectivity index (χ4n) is 1.61. The second-order valence-corrected chi connectivity index (χ2v) is 6.84. The van der Waals surface area contributed by atoms with Gasteiger partial charge in [-0.25, -0.2) is 0 Å². The van der Waals surface area contributed by atoms with E-state index in [0.29, 0.717) is 22.8 Å². The number of halogens is 1. The summed E-state index contributed by atoms with van der Waals surface area (Å²) in [6, 6.07) is 5.07. The first-order valence-electron chi connectivity index (χ1n) is 6.91. The summed E-state index contributed by atoms with van der Waals surface area (Å²) in [5.41, 5.74) is 6.91. The molecule has 0 saturated heterocycles. The van der Waals surface area contributed by atoms with Gasteiger partial charge in [0, 0.05) is 11.4 Å². The van der Waals surface area contributed by atoms with Gasteiger partial charge in [0.15, 0.2) is 0 Å². The molecule has 0 aliphatic carbocycles. The van der Waals surface area contributed by atoms with Gasteiger partial charge in [-0.3, -0.25) is 4.79 Å². The number of carbonyl (C=O) groups excluding carboxylic acids is 1. The number of carbonyl (C=O) groups is 1. The van der Waals surface area contributed by atoms with Crippen LogP contribution < -0.4 is 11.1 Å². The molecule has 0 aliphatic heterocycles. The highest BCUT2D eigenvalue weighted by molar-refractivity contribution is 7.99. The lowest BCUT2D eigenvalue weighted by Crippen LogP contribution is -2.12. The third-order valence-corrected chi connectivity index (χ3v) is 4.16. The summed E-state index contributed by atoms with van der Waals surface area (Å²) in [5.74, 6) is 2.92. The number of thioether (sulfide) groups is 1. The number of anilines is 2. The van der Waals surface area contributed by atoms with Crippen LogP contribution in [0, 0.1) is 5.92 Å². The van der Waals surface area contributed by atoms with Gasteiger partial charge in [0.05, 0.1) is 11.4 Å². The molecule has 112 valence electrons. The molecule has 0 atom stereocenters.